The van der Waals surface area contributed by atoms with Crippen molar-refractivity contribution >= 4 is 11.6 Å². The molecule has 1 aromatic heterocycles. The van der Waals surface area contributed by atoms with Gasteiger partial charge in [-0.25, -0.2) is 4.98 Å². The van der Waals surface area contributed by atoms with Crippen molar-refractivity contribution < 1.29 is 9.53 Å². The Labute approximate surface area is 183 Å². The number of hydrogen-bond donors (Lipinski definition) is 2. The molecule has 0 bridgehead atoms. The van der Waals surface area contributed by atoms with Crippen molar-refractivity contribution in [3.8, 4) is 17.0 Å². The van der Waals surface area contributed by atoms with Gasteiger partial charge in [0.05, 0.1) is 31.4 Å². The van der Waals surface area contributed by atoms with Crippen molar-refractivity contribution in [2.24, 2.45) is 0 Å². The monoisotopic (exact) mass is 419 g/mol. The number of piperazine rings is 1. The van der Waals surface area contributed by atoms with Crippen LogP contribution in [0.25, 0.3) is 11.3 Å². The van der Waals surface area contributed by atoms with Crippen LogP contribution in [0.3, 0.4) is 0 Å². The van der Waals surface area contributed by atoms with E-state index in [2.05, 4.69) is 32.1 Å². The molecule has 1 aliphatic rings. The zero-order valence-corrected chi connectivity index (χ0v) is 17.9. The third-order valence-corrected chi connectivity index (χ3v) is 5.52. The van der Waals surface area contributed by atoms with Gasteiger partial charge in [-0.05, 0) is 36.9 Å². The highest BCUT2D eigenvalue weighted by Gasteiger charge is 2.16. The molecule has 0 radical (unpaired) electrons. The zero-order chi connectivity index (χ0) is 21.5. The zero-order valence-electron chi connectivity index (χ0n) is 17.9. The summed E-state index contributed by atoms with van der Waals surface area (Å²) in [6.45, 7) is 4.91. The second-order valence-corrected chi connectivity index (χ2v) is 7.88. The molecule has 1 saturated heterocycles. The fourth-order valence-corrected chi connectivity index (χ4v) is 3.66. The number of carbonyl (C=O) groups is 1. The molecule has 7 nitrogen and oxygen atoms in total. The van der Waals surface area contributed by atoms with Gasteiger partial charge in [0, 0.05) is 43.9 Å². The van der Waals surface area contributed by atoms with Crippen molar-refractivity contribution in [3.05, 3.63) is 66.6 Å². The summed E-state index contributed by atoms with van der Waals surface area (Å²) >= 11 is 0. The van der Waals surface area contributed by atoms with Crippen molar-refractivity contribution in [2.75, 3.05) is 51.7 Å². The number of benzene rings is 2. The molecule has 1 fully saturated rings. The lowest BCUT2D eigenvalue weighted by atomic mass is 10.1. The van der Waals surface area contributed by atoms with Gasteiger partial charge in [0.2, 0.25) is 5.91 Å². The third kappa shape index (κ3) is 5.93. The Morgan fingerprint density at radius 3 is 2.61 bits per heavy atom. The van der Waals surface area contributed by atoms with Gasteiger partial charge in [0.1, 0.15) is 5.75 Å². The largest absolute Gasteiger partial charge is 0.493 e. The van der Waals surface area contributed by atoms with Gasteiger partial charge in [-0.3, -0.25) is 9.69 Å². The number of rotatable bonds is 8. The Balaban J connectivity index is 1.24. The molecule has 1 amide bonds. The Morgan fingerprint density at radius 1 is 1.10 bits per heavy atom. The molecule has 1 aliphatic heterocycles. The minimum atomic E-state index is 0.0380. The van der Waals surface area contributed by atoms with Crippen LogP contribution in [0.15, 0.2) is 61.1 Å². The highest BCUT2D eigenvalue weighted by Crippen LogP contribution is 2.28. The average molecular weight is 420 g/mol. The number of nitrogens with zero attached hydrogens (tertiary/aromatic N) is 3. The van der Waals surface area contributed by atoms with E-state index in [-0.39, 0.29) is 5.91 Å². The van der Waals surface area contributed by atoms with E-state index in [1.54, 1.807) is 12.5 Å². The van der Waals surface area contributed by atoms with Crippen LogP contribution in [0.1, 0.15) is 5.56 Å². The SMILES string of the molecule is CN1CCN(CC(=O)Nc2ccc(CCOc3ccccc3-c3cnc[nH]3)cc2)CC1. The second-order valence-electron chi connectivity index (χ2n) is 7.88. The Hall–Kier alpha value is -3.16. The lowest BCUT2D eigenvalue weighted by Crippen LogP contribution is -2.47. The van der Waals surface area contributed by atoms with Crippen LogP contribution in [0.4, 0.5) is 5.69 Å². The van der Waals surface area contributed by atoms with Crippen molar-refractivity contribution in [2.45, 2.75) is 6.42 Å². The van der Waals surface area contributed by atoms with E-state index in [0.717, 1.165) is 60.9 Å². The lowest BCUT2D eigenvalue weighted by molar-refractivity contribution is -0.117. The highest BCUT2D eigenvalue weighted by molar-refractivity contribution is 5.92. The number of likely N-dealkylation sites (N-methyl/N-ethyl adjacent to an activating group) is 1. The number of para-hydroxylation sites is 1. The summed E-state index contributed by atoms with van der Waals surface area (Å²) in [6, 6.07) is 15.9. The van der Waals surface area contributed by atoms with Gasteiger partial charge in [0.15, 0.2) is 0 Å². The molecule has 162 valence electrons. The predicted octanol–water partition coefficient (Wildman–Crippen LogP) is 2.88. The molecule has 0 aliphatic carbocycles. The number of aromatic nitrogens is 2. The molecule has 0 saturated carbocycles. The minimum absolute atomic E-state index is 0.0380. The molecule has 31 heavy (non-hydrogen) atoms. The number of imidazole rings is 1. The summed E-state index contributed by atoms with van der Waals surface area (Å²) in [5.41, 5.74) is 3.93. The van der Waals surface area contributed by atoms with Crippen LogP contribution in [-0.2, 0) is 11.2 Å². The van der Waals surface area contributed by atoms with Crippen LogP contribution in [0.5, 0.6) is 5.75 Å². The number of aromatic amines is 1. The van der Waals surface area contributed by atoms with Crippen molar-refractivity contribution in [1.82, 2.24) is 19.8 Å². The number of amides is 1. The van der Waals surface area contributed by atoms with E-state index in [0.29, 0.717) is 13.2 Å². The maximum absolute atomic E-state index is 12.3. The molecule has 4 rings (SSSR count). The van der Waals surface area contributed by atoms with Gasteiger partial charge >= 0.3 is 0 Å². The maximum atomic E-state index is 12.3. The molecular weight excluding hydrogens is 390 g/mol. The molecule has 0 unspecified atom stereocenters. The first-order valence-electron chi connectivity index (χ1n) is 10.7. The van der Waals surface area contributed by atoms with Crippen LogP contribution < -0.4 is 10.1 Å². The number of hydrogen-bond acceptors (Lipinski definition) is 5. The van der Waals surface area contributed by atoms with Gasteiger partial charge in [0.25, 0.3) is 0 Å². The van der Waals surface area contributed by atoms with Crippen LogP contribution in [0.2, 0.25) is 0 Å². The standard InChI is InChI=1S/C24H29N5O2/c1-28-11-13-29(14-12-28)17-24(30)27-20-8-6-19(7-9-20)10-15-31-23-5-3-2-4-21(23)22-16-25-18-26-22/h2-9,16,18H,10-15,17H2,1H3,(H,25,26)(H,27,30). The summed E-state index contributed by atoms with van der Waals surface area (Å²) in [7, 11) is 2.11. The van der Waals surface area contributed by atoms with E-state index >= 15 is 0 Å². The van der Waals surface area contributed by atoms with Gasteiger partial charge < -0.3 is 19.9 Å². The van der Waals surface area contributed by atoms with E-state index in [1.165, 1.54) is 0 Å². The number of carbonyl (C=O) groups excluding carboxylic acids is 1. The number of nitrogens with one attached hydrogen (secondary N) is 2. The van der Waals surface area contributed by atoms with Crippen molar-refractivity contribution in [1.29, 1.82) is 0 Å². The Kier molecular flexibility index (Phi) is 6.96. The Bertz CT molecular complexity index is 964. The first-order valence-corrected chi connectivity index (χ1v) is 10.7. The predicted molar refractivity (Wildman–Crippen MR) is 122 cm³/mol. The van der Waals surface area contributed by atoms with Crippen LogP contribution in [0, 0.1) is 0 Å². The van der Waals surface area contributed by atoms with E-state index in [4.69, 9.17) is 4.74 Å². The number of anilines is 1. The first kappa shape index (κ1) is 21.1. The fraction of sp³-hybridized carbons (Fsp3) is 0.333. The average Bonchev–Trinajstić information content (AvgIpc) is 3.32. The van der Waals surface area contributed by atoms with Crippen LogP contribution in [-0.4, -0.2) is 72.1 Å². The summed E-state index contributed by atoms with van der Waals surface area (Å²) in [4.78, 5) is 24.0. The summed E-state index contributed by atoms with van der Waals surface area (Å²) < 4.78 is 6.03. The Morgan fingerprint density at radius 2 is 1.87 bits per heavy atom. The molecule has 0 atom stereocenters. The smallest absolute Gasteiger partial charge is 0.238 e. The molecule has 7 heteroatoms. The van der Waals surface area contributed by atoms with Gasteiger partial charge in [-0.2, -0.15) is 0 Å². The van der Waals surface area contributed by atoms with Crippen LogP contribution >= 0.6 is 0 Å². The fourth-order valence-electron chi connectivity index (χ4n) is 3.66. The van der Waals surface area contributed by atoms with Gasteiger partial charge in [-0.1, -0.05) is 24.3 Å². The van der Waals surface area contributed by atoms with E-state index < -0.39 is 0 Å². The van der Waals surface area contributed by atoms with Gasteiger partial charge in [-0.15, -0.1) is 0 Å². The van der Waals surface area contributed by atoms with Crippen molar-refractivity contribution in [3.63, 3.8) is 0 Å². The summed E-state index contributed by atoms with van der Waals surface area (Å²) in [5.74, 6) is 0.871. The topological polar surface area (TPSA) is 73.5 Å². The minimum Gasteiger partial charge on any atom is -0.493 e. The second kappa shape index (κ2) is 10.2. The third-order valence-electron chi connectivity index (χ3n) is 5.52. The van der Waals surface area contributed by atoms with E-state index in [9.17, 15) is 4.79 Å². The molecule has 3 aromatic rings. The molecule has 2 heterocycles. The summed E-state index contributed by atoms with van der Waals surface area (Å²) in [6.07, 6.45) is 4.24. The van der Waals surface area contributed by atoms with E-state index in [1.807, 2.05) is 48.5 Å². The highest BCUT2D eigenvalue weighted by atomic mass is 16.5. The number of ether oxygens (including phenoxy) is 1. The molecule has 0 spiro atoms. The maximum Gasteiger partial charge on any atom is 0.238 e. The normalized spacial score (nSPS) is 15.0. The molecular formula is C24H29N5O2. The molecule has 2 aromatic carbocycles. The summed E-state index contributed by atoms with van der Waals surface area (Å²) in [5, 5.41) is 3.00. The first-order chi connectivity index (χ1) is 15.2. The molecule has 2 N–H and O–H groups in total. The lowest BCUT2D eigenvalue weighted by Gasteiger charge is -2.31. The number of H-pyrrole nitrogens is 1. The quantitative estimate of drug-likeness (QED) is 0.587.